The van der Waals surface area contributed by atoms with E-state index in [1.54, 1.807) is 0 Å². The average molecular weight is 627 g/mol. The van der Waals surface area contributed by atoms with Crippen LogP contribution < -0.4 is 10.0 Å². The van der Waals surface area contributed by atoms with Crippen molar-refractivity contribution in [1.29, 1.82) is 0 Å². The van der Waals surface area contributed by atoms with Gasteiger partial charge in [-0.15, -0.1) is 13.4 Å². The number of quaternary nitrogens is 2. The molecule has 0 aromatic heterocycles. The van der Waals surface area contributed by atoms with Crippen molar-refractivity contribution in [3.8, 4) is 0 Å². The monoisotopic (exact) mass is 627 g/mol. The van der Waals surface area contributed by atoms with Gasteiger partial charge in [0.05, 0.1) is 52.4 Å². The fraction of sp³-hybridized carbons (Fsp3) is 1.00. The highest BCUT2D eigenvalue weighted by molar-refractivity contribution is 6.36. The first kappa shape index (κ1) is 48.3. The Bertz CT molecular complexity index is 454. The third kappa shape index (κ3) is 25.1. The molecule has 0 spiro atoms. The standard InChI is InChI=1S/C15H31BO2.2C12H28N/c1-4-10-15(11-5-2,12-6-3)13-8-7-9-14-16(17)18;2*1-5-9-13(10-6-2,11-7-3)12-8-4/h4-14H2,1-3H3;2*5-12H2,1-4H3/q-2;2*+1. The summed E-state index contributed by atoms with van der Waals surface area (Å²) in [6.07, 6.45) is 23.1. The fourth-order valence-corrected chi connectivity index (χ4v) is 8.47. The Morgan fingerprint density at radius 3 is 0.841 bits per heavy atom. The summed E-state index contributed by atoms with van der Waals surface area (Å²) in [6.45, 7) is 36.4. The van der Waals surface area contributed by atoms with Crippen molar-refractivity contribution in [3.63, 3.8) is 0 Å². The summed E-state index contributed by atoms with van der Waals surface area (Å²) in [7, 11) is -1.61. The lowest BCUT2D eigenvalue weighted by Crippen LogP contribution is -2.50. The van der Waals surface area contributed by atoms with E-state index in [2.05, 4.69) is 76.2 Å². The zero-order valence-electron chi connectivity index (χ0n) is 32.9. The van der Waals surface area contributed by atoms with Crippen molar-refractivity contribution in [2.24, 2.45) is 5.41 Å². The Balaban J connectivity index is -0.000000585. The summed E-state index contributed by atoms with van der Waals surface area (Å²) in [4.78, 5) is 0. The van der Waals surface area contributed by atoms with E-state index in [-0.39, 0.29) is 0 Å². The predicted molar refractivity (Wildman–Crippen MR) is 198 cm³/mol. The van der Waals surface area contributed by atoms with Crippen LogP contribution in [0.1, 0.15) is 192 Å². The van der Waals surface area contributed by atoms with Crippen LogP contribution in [0.2, 0.25) is 6.32 Å². The van der Waals surface area contributed by atoms with E-state index in [1.165, 1.54) is 164 Å². The van der Waals surface area contributed by atoms with Crippen molar-refractivity contribution >= 4 is 7.12 Å². The molecule has 44 heavy (non-hydrogen) atoms. The van der Waals surface area contributed by atoms with Gasteiger partial charge in [-0.1, -0.05) is 115 Å². The number of nitrogens with zero attached hydrogens (tertiary/aromatic N) is 2. The van der Waals surface area contributed by atoms with Crippen LogP contribution in [0.4, 0.5) is 0 Å². The number of unbranched alkanes of at least 4 members (excludes halogenated alkanes) is 2. The molecule has 0 aliphatic carbocycles. The highest BCUT2D eigenvalue weighted by atomic mass is 16.4. The minimum atomic E-state index is -1.61. The van der Waals surface area contributed by atoms with Crippen molar-refractivity contribution in [3.05, 3.63) is 0 Å². The molecule has 0 atom stereocenters. The van der Waals surface area contributed by atoms with Gasteiger partial charge in [0.2, 0.25) is 0 Å². The predicted octanol–water partition coefficient (Wildman–Crippen LogP) is 10.0. The van der Waals surface area contributed by atoms with Crippen LogP contribution in [-0.2, 0) is 0 Å². The summed E-state index contributed by atoms with van der Waals surface area (Å²) in [5.41, 5.74) is 0.534. The third-order valence-electron chi connectivity index (χ3n) is 9.57. The largest absolute Gasteiger partial charge is 0.893 e. The maximum Gasteiger partial charge on any atom is 0.0783 e. The second kappa shape index (κ2) is 32.8. The Kier molecular flexibility index (Phi) is 36.0. The van der Waals surface area contributed by atoms with Gasteiger partial charge in [-0.05, 0) is 82.5 Å². The number of hydrogen-bond acceptors (Lipinski definition) is 2. The van der Waals surface area contributed by atoms with Crippen LogP contribution in [0.5, 0.6) is 0 Å². The van der Waals surface area contributed by atoms with E-state index in [9.17, 15) is 10.0 Å². The van der Waals surface area contributed by atoms with Crippen LogP contribution in [0.3, 0.4) is 0 Å². The molecule has 0 fully saturated rings. The maximum absolute atomic E-state index is 10.4. The molecule has 0 aromatic carbocycles. The van der Waals surface area contributed by atoms with Crippen LogP contribution in [-0.4, -0.2) is 68.4 Å². The first-order chi connectivity index (χ1) is 21.1. The summed E-state index contributed by atoms with van der Waals surface area (Å²) in [6, 6.07) is 0. The Hall–Kier alpha value is -0.0951. The van der Waals surface area contributed by atoms with Crippen molar-refractivity contribution in [2.75, 3.05) is 52.4 Å². The lowest BCUT2D eigenvalue weighted by molar-refractivity contribution is -0.928. The SMILES string of the molecule is CCCC(CCC)(CCC)CCCCCB([O-])[O-].CCC[N+](CCC)(CCC)CCC.CCC[N+](CCC)(CCC)CCC. The third-order valence-corrected chi connectivity index (χ3v) is 9.57. The topological polar surface area (TPSA) is 46.1 Å². The molecule has 0 heterocycles. The molecular formula is C39H87BN2O2. The van der Waals surface area contributed by atoms with Gasteiger partial charge in [0.25, 0.3) is 0 Å². The Morgan fingerprint density at radius 2 is 0.636 bits per heavy atom. The lowest BCUT2D eigenvalue weighted by Gasteiger charge is -2.38. The highest BCUT2D eigenvalue weighted by Crippen LogP contribution is 2.40. The van der Waals surface area contributed by atoms with Crippen LogP contribution in [0.15, 0.2) is 0 Å². The summed E-state index contributed by atoms with van der Waals surface area (Å²) in [5.74, 6) is 0. The molecule has 268 valence electrons. The molecule has 0 bridgehead atoms. The minimum Gasteiger partial charge on any atom is -0.893 e. The van der Waals surface area contributed by atoms with Gasteiger partial charge in [-0.25, -0.2) is 0 Å². The van der Waals surface area contributed by atoms with E-state index < -0.39 is 7.12 Å². The van der Waals surface area contributed by atoms with Gasteiger partial charge < -0.3 is 19.0 Å². The molecule has 0 unspecified atom stereocenters. The fourth-order valence-electron chi connectivity index (χ4n) is 8.47. The smallest absolute Gasteiger partial charge is 0.0783 e. The van der Waals surface area contributed by atoms with E-state index in [1.807, 2.05) is 0 Å². The van der Waals surface area contributed by atoms with E-state index in [4.69, 9.17) is 0 Å². The number of hydrogen-bond donors (Lipinski definition) is 0. The molecule has 0 saturated heterocycles. The summed E-state index contributed by atoms with van der Waals surface area (Å²) < 4.78 is 2.75. The normalized spacial score (nSPS) is 11.9. The summed E-state index contributed by atoms with van der Waals surface area (Å²) >= 11 is 0. The molecular weight excluding hydrogens is 539 g/mol. The molecule has 0 N–H and O–H groups in total. The Morgan fingerprint density at radius 1 is 0.364 bits per heavy atom. The molecule has 5 heteroatoms. The molecule has 4 nitrogen and oxygen atoms in total. The van der Waals surface area contributed by atoms with Gasteiger partial charge in [0.15, 0.2) is 0 Å². The van der Waals surface area contributed by atoms with Crippen molar-refractivity contribution < 1.29 is 19.0 Å². The highest BCUT2D eigenvalue weighted by Gasteiger charge is 2.26. The second-order valence-electron chi connectivity index (χ2n) is 14.3. The maximum atomic E-state index is 10.4. The van der Waals surface area contributed by atoms with Crippen LogP contribution in [0.25, 0.3) is 0 Å². The quantitative estimate of drug-likeness (QED) is 0.0493. The van der Waals surface area contributed by atoms with Crippen LogP contribution in [0, 0.1) is 5.41 Å². The zero-order chi connectivity index (χ0) is 34.2. The molecule has 0 rings (SSSR count). The Labute approximate surface area is 281 Å². The molecule has 0 aliphatic heterocycles. The first-order valence-corrected chi connectivity index (χ1v) is 20.1. The lowest BCUT2D eigenvalue weighted by atomic mass is 9.72. The molecule has 0 aromatic rings. The first-order valence-electron chi connectivity index (χ1n) is 20.1. The molecule has 0 aliphatic rings. The average Bonchev–Trinajstić information content (AvgIpc) is 2.95. The van der Waals surface area contributed by atoms with Gasteiger partial charge in [0.1, 0.15) is 0 Å². The van der Waals surface area contributed by atoms with Gasteiger partial charge in [0, 0.05) is 0 Å². The molecule has 0 radical (unpaired) electrons. The second-order valence-corrected chi connectivity index (χ2v) is 14.3. The van der Waals surface area contributed by atoms with Gasteiger partial charge >= 0.3 is 0 Å². The summed E-state index contributed by atoms with van der Waals surface area (Å²) in [5, 5.41) is 20.9. The van der Waals surface area contributed by atoms with Crippen LogP contribution >= 0.6 is 0 Å². The minimum absolute atomic E-state index is 0.308. The van der Waals surface area contributed by atoms with E-state index >= 15 is 0 Å². The molecule has 0 amide bonds. The zero-order valence-corrected chi connectivity index (χ0v) is 32.9. The van der Waals surface area contributed by atoms with Crippen molar-refractivity contribution in [2.45, 2.75) is 198 Å². The van der Waals surface area contributed by atoms with Gasteiger partial charge in [-0.2, -0.15) is 0 Å². The van der Waals surface area contributed by atoms with Crippen molar-refractivity contribution in [1.82, 2.24) is 0 Å². The molecule has 0 saturated carbocycles. The number of rotatable bonds is 28. The van der Waals surface area contributed by atoms with E-state index in [0.717, 1.165) is 12.8 Å². The van der Waals surface area contributed by atoms with E-state index in [0.29, 0.717) is 11.7 Å². The van der Waals surface area contributed by atoms with Gasteiger partial charge in [-0.3, -0.25) is 0 Å².